The molecule has 0 atom stereocenters. The summed E-state index contributed by atoms with van der Waals surface area (Å²) in [6.07, 6.45) is 0. The normalized spacial score (nSPS) is 9.50. The van der Waals surface area contributed by atoms with E-state index < -0.39 is 12.5 Å². The number of rotatable bonds is 1. The minimum Gasteiger partial charge on any atom is -0.246 e. The topological polar surface area (TPSA) is 23.8 Å². The molecule has 0 N–H and O–H groups in total. The summed E-state index contributed by atoms with van der Waals surface area (Å²) >= 11 is 0. The van der Waals surface area contributed by atoms with Crippen LogP contribution in [0.3, 0.4) is 0 Å². The van der Waals surface area contributed by atoms with Crippen LogP contribution in [0.4, 0.5) is 8.78 Å². The van der Waals surface area contributed by atoms with Gasteiger partial charge in [0.2, 0.25) is 0 Å². The Labute approximate surface area is 69.2 Å². The molecule has 1 rings (SSSR count). The second kappa shape index (κ2) is 3.31. The maximum absolute atomic E-state index is 12.9. The van der Waals surface area contributed by atoms with Crippen LogP contribution in [0.1, 0.15) is 16.7 Å². The Bertz CT molecular complexity index is 316. The molecule has 0 unspecified atom stereocenters. The van der Waals surface area contributed by atoms with Crippen LogP contribution in [0.25, 0.3) is 0 Å². The molecule has 1 aromatic carbocycles. The lowest BCUT2D eigenvalue weighted by Gasteiger charge is -2.02. The van der Waals surface area contributed by atoms with Crippen molar-refractivity contribution in [3.05, 3.63) is 34.6 Å². The van der Waals surface area contributed by atoms with E-state index in [2.05, 4.69) is 0 Å². The predicted molar refractivity (Wildman–Crippen MR) is 40.7 cm³/mol. The summed E-state index contributed by atoms with van der Waals surface area (Å²) in [5.41, 5.74) is 0.741. The summed E-state index contributed by atoms with van der Waals surface area (Å²) in [6.45, 7) is 0.752. The van der Waals surface area contributed by atoms with Gasteiger partial charge in [0.05, 0.1) is 11.6 Å². The minimum atomic E-state index is -0.830. The first-order valence-corrected chi connectivity index (χ1v) is 3.44. The van der Waals surface area contributed by atoms with Crippen molar-refractivity contribution in [1.82, 2.24) is 0 Å². The zero-order valence-electron chi connectivity index (χ0n) is 6.56. The average Bonchev–Trinajstić information content (AvgIpc) is 2.03. The monoisotopic (exact) mass is 167 g/mol. The number of hydrogen-bond donors (Lipinski definition) is 0. The molecule has 3 heteroatoms. The summed E-state index contributed by atoms with van der Waals surface area (Å²) < 4.78 is 25.1. The van der Waals surface area contributed by atoms with E-state index >= 15 is 0 Å². The van der Waals surface area contributed by atoms with Crippen LogP contribution in [0.5, 0.6) is 0 Å². The van der Waals surface area contributed by atoms with Crippen LogP contribution in [0.15, 0.2) is 12.1 Å². The highest BCUT2D eigenvalue weighted by atomic mass is 19.1. The number of nitriles is 1. The fraction of sp³-hybridized carbons (Fsp3) is 0.222. The molecule has 0 radical (unpaired) electrons. The largest absolute Gasteiger partial charge is 0.246 e. The average molecular weight is 167 g/mol. The molecule has 0 bridgehead atoms. The molecule has 0 saturated heterocycles. The molecule has 0 spiro atoms. The molecule has 0 aliphatic heterocycles. The SMILES string of the molecule is Cc1cc(C#N)cc(F)c1CF. The molecule has 1 nitrogen and oxygen atoms in total. The molecule has 0 aliphatic carbocycles. The number of halogens is 2. The quantitative estimate of drug-likeness (QED) is 0.630. The van der Waals surface area contributed by atoms with Crippen LogP contribution in [-0.2, 0) is 6.67 Å². The van der Waals surface area contributed by atoms with E-state index in [4.69, 9.17) is 5.26 Å². The van der Waals surface area contributed by atoms with Crippen molar-refractivity contribution in [3.8, 4) is 6.07 Å². The molecule has 62 valence electrons. The van der Waals surface area contributed by atoms with Crippen LogP contribution in [-0.4, -0.2) is 0 Å². The van der Waals surface area contributed by atoms with Gasteiger partial charge >= 0.3 is 0 Å². The van der Waals surface area contributed by atoms with Gasteiger partial charge in [0.15, 0.2) is 0 Å². The lowest BCUT2D eigenvalue weighted by molar-refractivity contribution is 0.461. The summed E-state index contributed by atoms with van der Waals surface area (Å²) in [5, 5.41) is 8.44. The van der Waals surface area contributed by atoms with Gasteiger partial charge in [-0.25, -0.2) is 8.78 Å². The molecular formula is C9H7F2N. The molecule has 0 heterocycles. The molecule has 0 saturated carbocycles. The molecule has 12 heavy (non-hydrogen) atoms. The van der Waals surface area contributed by atoms with E-state index in [0.717, 1.165) is 6.07 Å². The minimum absolute atomic E-state index is 0.0361. The van der Waals surface area contributed by atoms with Crippen molar-refractivity contribution in [1.29, 1.82) is 5.26 Å². The van der Waals surface area contributed by atoms with Crippen LogP contribution < -0.4 is 0 Å². The van der Waals surface area contributed by atoms with E-state index in [1.807, 2.05) is 0 Å². The summed E-state index contributed by atoms with van der Waals surface area (Å²) in [7, 11) is 0. The van der Waals surface area contributed by atoms with Crippen LogP contribution in [0.2, 0.25) is 0 Å². The van der Waals surface area contributed by atoms with Crippen molar-refractivity contribution in [3.63, 3.8) is 0 Å². The Morgan fingerprint density at radius 2 is 2.17 bits per heavy atom. The van der Waals surface area contributed by atoms with Gasteiger partial charge in [-0.1, -0.05) is 0 Å². The lowest BCUT2D eigenvalue weighted by atomic mass is 10.1. The van der Waals surface area contributed by atoms with Crippen LogP contribution >= 0.6 is 0 Å². The summed E-state index contributed by atoms with van der Waals surface area (Å²) in [6, 6.07) is 4.31. The van der Waals surface area contributed by atoms with E-state index in [9.17, 15) is 8.78 Å². The Morgan fingerprint density at radius 3 is 2.58 bits per heavy atom. The molecule has 0 amide bonds. The van der Waals surface area contributed by atoms with Gasteiger partial charge in [0.1, 0.15) is 12.5 Å². The third-order valence-corrected chi connectivity index (χ3v) is 1.68. The standard InChI is InChI=1S/C9H7F2N/c1-6-2-7(5-12)3-9(11)8(6)4-10/h2-3H,4H2,1H3. The Balaban J connectivity index is 3.30. The third-order valence-electron chi connectivity index (χ3n) is 1.68. The first-order valence-electron chi connectivity index (χ1n) is 3.44. The van der Waals surface area contributed by atoms with E-state index in [1.54, 1.807) is 13.0 Å². The number of aryl methyl sites for hydroxylation is 1. The van der Waals surface area contributed by atoms with E-state index in [-0.39, 0.29) is 11.1 Å². The van der Waals surface area contributed by atoms with E-state index in [0.29, 0.717) is 5.56 Å². The number of hydrogen-bond acceptors (Lipinski definition) is 1. The lowest BCUT2D eigenvalue weighted by Crippen LogP contribution is -1.92. The fourth-order valence-electron chi connectivity index (χ4n) is 1.01. The Hall–Kier alpha value is -1.43. The number of nitrogens with zero attached hydrogens (tertiary/aromatic N) is 1. The van der Waals surface area contributed by atoms with Crippen molar-refractivity contribution in [2.75, 3.05) is 0 Å². The summed E-state index contributed by atoms with van der Waals surface area (Å²) in [4.78, 5) is 0. The fourth-order valence-corrected chi connectivity index (χ4v) is 1.01. The second-order valence-corrected chi connectivity index (χ2v) is 2.50. The first-order chi connectivity index (χ1) is 5.69. The third kappa shape index (κ3) is 1.42. The Morgan fingerprint density at radius 1 is 1.50 bits per heavy atom. The number of alkyl halides is 1. The zero-order chi connectivity index (χ0) is 9.14. The summed E-state index contributed by atoms with van der Waals surface area (Å²) in [5.74, 6) is -0.644. The second-order valence-electron chi connectivity index (χ2n) is 2.50. The molecular weight excluding hydrogens is 160 g/mol. The highest BCUT2D eigenvalue weighted by Gasteiger charge is 2.06. The molecule has 1 aromatic rings. The van der Waals surface area contributed by atoms with Gasteiger partial charge in [-0.05, 0) is 24.6 Å². The smallest absolute Gasteiger partial charge is 0.130 e. The van der Waals surface area contributed by atoms with Crippen molar-refractivity contribution in [2.24, 2.45) is 0 Å². The first kappa shape index (κ1) is 8.66. The van der Waals surface area contributed by atoms with Crippen molar-refractivity contribution >= 4 is 0 Å². The highest BCUT2D eigenvalue weighted by molar-refractivity contribution is 5.38. The molecule has 0 aromatic heterocycles. The Kier molecular flexibility index (Phi) is 2.39. The van der Waals surface area contributed by atoms with Gasteiger partial charge in [-0.3, -0.25) is 0 Å². The van der Waals surface area contributed by atoms with Gasteiger partial charge in [-0.15, -0.1) is 0 Å². The van der Waals surface area contributed by atoms with Crippen LogP contribution in [0, 0.1) is 24.1 Å². The van der Waals surface area contributed by atoms with E-state index in [1.165, 1.54) is 6.07 Å². The van der Waals surface area contributed by atoms with Crippen molar-refractivity contribution < 1.29 is 8.78 Å². The molecule has 0 aliphatic rings. The van der Waals surface area contributed by atoms with Crippen molar-refractivity contribution in [2.45, 2.75) is 13.6 Å². The number of benzene rings is 1. The maximum Gasteiger partial charge on any atom is 0.130 e. The van der Waals surface area contributed by atoms with Gasteiger partial charge in [0, 0.05) is 5.56 Å². The van der Waals surface area contributed by atoms with Gasteiger partial charge in [0.25, 0.3) is 0 Å². The predicted octanol–water partition coefficient (Wildman–Crippen LogP) is 2.48. The maximum atomic E-state index is 12.9. The van der Waals surface area contributed by atoms with Gasteiger partial charge in [-0.2, -0.15) is 5.26 Å². The zero-order valence-corrected chi connectivity index (χ0v) is 6.56. The highest BCUT2D eigenvalue weighted by Crippen LogP contribution is 2.16. The van der Waals surface area contributed by atoms with Gasteiger partial charge < -0.3 is 0 Å². The molecule has 0 fully saturated rings.